The van der Waals surface area contributed by atoms with Crippen molar-refractivity contribution in [2.45, 2.75) is 26.2 Å². The molecular formula is C21H19N5O. The lowest BCUT2D eigenvalue weighted by Gasteiger charge is -2.10. The molecule has 1 aliphatic rings. The van der Waals surface area contributed by atoms with Gasteiger partial charge in [-0.15, -0.1) is 10.2 Å². The average molecular weight is 357 g/mol. The number of hydrogen-bond donors (Lipinski definition) is 0. The third kappa shape index (κ3) is 2.73. The van der Waals surface area contributed by atoms with Gasteiger partial charge < -0.3 is 4.74 Å². The molecule has 0 bridgehead atoms. The molecule has 0 radical (unpaired) electrons. The molecule has 0 saturated heterocycles. The Morgan fingerprint density at radius 1 is 1.07 bits per heavy atom. The Labute approximate surface area is 156 Å². The van der Waals surface area contributed by atoms with Crippen molar-refractivity contribution in [1.82, 2.24) is 24.6 Å². The number of pyridine rings is 1. The Bertz CT molecular complexity index is 1130. The van der Waals surface area contributed by atoms with Crippen LogP contribution in [0.25, 0.3) is 16.8 Å². The summed E-state index contributed by atoms with van der Waals surface area (Å²) in [6.45, 7) is 2.77. The molecule has 0 fully saturated rings. The van der Waals surface area contributed by atoms with E-state index in [1.165, 1.54) is 11.1 Å². The van der Waals surface area contributed by atoms with Crippen LogP contribution in [0.3, 0.4) is 0 Å². The molecule has 5 rings (SSSR count). The van der Waals surface area contributed by atoms with Crippen LogP contribution < -0.4 is 4.74 Å². The van der Waals surface area contributed by atoms with E-state index in [-0.39, 0.29) is 0 Å². The van der Waals surface area contributed by atoms with Gasteiger partial charge in [0.15, 0.2) is 5.65 Å². The maximum absolute atomic E-state index is 5.68. The highest BCUT2D eigenvalue weighted by molar-refractivity contribution is 5.77. The molecule has 134 valence electrons. The largest absolute Gasteiger partial charge is 0.493 e. The van der Waals surface area contributed by atoms with Gasteiger partial charge in [-0.05, 0) is 31.0 Å². The number of aryl methyl sites for hydroxylation is 3. The normalized spacial score (nSPS) is 12.9. The molecule has 6 heteroatoms. The van der Waals surface area contributed by atoms with Gasteiger partial charge in [0.2, 0.25) is 0 Å². The van der Waals surface area contributed by atoms with Crippen molar-refractivity contribution in [2.75, 3.05) is 6.61 Å². The molecule has 6 nitrogen and oxygen atoms in total. The third-order valence-corrected chi connectivity index (χ3v) is 5.16. The van der Waals surface area contributed by atoms with E-state index in [9.17, 15) is 0 Å². The van der Waals surface area contributed by atoms with Gasteiger partial charge >= 0.3 is 0 Å². The predicted molar refractivity (Wildman–Crippen MR) is 102 cm³/mol. The Hall–Kier alpha value is -3.28. The monoisotopic (exact) mass is 357 g/mol. The highest BCUT2D eigenvalue weighted by atomic mass is 16.5. The summed E-state index contributed by atoms with van der Waals surface area (Å²) < 4.78 is 7.67. The summed E-state index contributed by atoms with van der Waals surface area (Å²) in [4.78, 5) is 9.11. The van der Waals surface area contributed by atoms with Crippen molar-refractivity contribution >= 4 is 5.65 Å². The maximum atomic E-state index is 5.68. The molecule has 0 unspecified atom stereocenters. The summed E-state index contributed by atoms with van der Waals surface area (Å²) in [5, 5.41) is 8.46. The van der Waals surface area contributed by atoms with Crippen LogP contribution in [0.2, 0.25) is 0 Å². The molecule has 4 heterocycles. The molecule has 0 N–H and O–H groups in total. The smallest absolute Gasteiger partial charge is 0.171 e. The van der Waals surface area contributed by atoms with Crippen molar-refractivity contribution in [3.8, 4) is 16.9 Å². The first-order valence-electron chi connectivity index (χ1n) is 9.14. The fraction of sp³-hybridized carbons (Fsp3) is 0.238. The lowest BCUT2D eigenvalue weighted by Crippen LogP contribution is -2.05. The van der Waals surface area contributed by atoms with Crippen LogP contribution in [0.4, 0.5) is 0 Å². The molecule has 0 atom stereocenters. The molecule has 4 aromatic rings. The summed E-state index contributed by atoms with van der Waals surface area (Å²) in [5.41, 5.74) is 6.43. The topological polar surface area (TPSA) is 65.2 Å². The van der Waals surface area contributed by atoms with Crippen molar-refractivity contribution in [2.24, 2.45) is 0 Å². The van der Waals surface area contributed by atoms with Gasteiger partial charge in [-0.3, -0.25) is 9.38 Å². The number of ether oxygens (including phenoxy) is 1. The summed E-state index contributed by atoms with van der Waals surface area (Å²) in [7, 11) is 0. The highest BCUT2D eigenvalue weighted by Crippen LogP contribution is 2.29. The van der Waals surface area contributed by atoms with E-state index >= 15 is 0 Å². The molecule has 3 aromatic heterocycles. The standard InChI is InChI=1S/C21H19N5O/c1-14-16(5-3-10-22-14)18-12-23-20(26-13-24-25-21(18)26)8-7-15-4-2-6-19-17(15)9-11-27-19/h2-6,10,12-13H,7-9,11H2,1H3. The van der Waals surface area contributed by atoms with E-state index in [0.29, 0.717) is 0 Å². The minimum atomic E-state index is 0.777. The van der Waals surface area contributed by atoms with Crippen LogP contribution in [0.1, 0.15) is 22.6 Å². The minimum absolute atomic E-state index is 0.777. The SMILES string of the molecule is Cc1ncccc1-c1cnc(CCc2cccc3c2CCO3)n2cnnc12. The van der Waals surface area contributed by atoms with Gasteiger partial charge in [-0.2, -0.15) is 0 Å². The fourth-order valence-corrected chi connectivity index (χ4v) is 3.78. The summed E-state index contributed by atoms with van der Waals surface area (Å²) in [6, 6.07) is 10.3. The molecule has 1 aromatic carbocycles. The van der Waals surface area contributed by atoms with Crippen LogP contribution in [0, 0.1) is 6.92 Å². The molecular weight excluding hydrogens is 338 g/mol. The molecule has 27 heavy (non-hydrogen) atoms. The molecule has 0 aliphatic carbocycles. The van der Waals surface area contributed by atoms with Gasteiger partial charge in [0.05, 0.1) is 6.61 Å². The second-order valence-corrected chi connectivity index (χ2v) is 6.74. The Morgan fingerprint density at radius 3 is 2.96 bits per heavy atom. The Morgan fingerprint density at radius 2 is 2.04 bits per heavy atom. The first-order valence-corrected chi connectivity index (χ1v) is 9.14. The van der Waals surface area contributed by atoms with Crippen LogP contribution in [0.5, 0.6) is 5.75 Å². The number of fused-ring (bicyclic) bond motifs is 2. The fourth-order valence-electron chi connectivity index (χ4n) is 3.78. The number of hydrogen-bond acceptors (Lipinski definition) is 5. The van der Waals surface area contributed by atoms with E-state index in [0.717, 1.165) is 59.9 Å². The highest BCUT2D eigenvalue weighted by Gasteiger charge is 2.17. The second kappa shape index (κ2) is 6.46. The maximum Gasteiger partial charge on any atom is 0.171 e. The van der Waals surface area contributed by atoms with Crippen molar-refractivity contribution in [3.63, 3.8) is 0 Å². The summed E-state index contributed by atoms with van der Waals surface area (Å²) >= 11 is 0. The molecule has 1 aliphatic heterocycles. The van der Waals surface area contributed by atoms with Gasteiger partial charge in [-0.25, -0.2) is 4.98 Å². The van der Waals surface area contributed by atoms with Crippen LogP contribution >= 0.6 is 0 Å². The van der Waals surface area contributed by atoms with Crippen LogP contribution in [-0.2, 0) is 19.3 Å². The Kier molecular flexibility index (Phi) is 3.81. The zero-order chi connectivity index (χ0) is 18.2. The predicted octanol–water partition coefficient (Wildman–Crippen LogP) is 3.21. The average Bonchev–Trinajstić information content (AvgIpc) is 3.36. The summed E-state index contributed by atoms with van der Waals surface area (Å²) in [6.07, 6.45) is 8.15. The lowest BCUT2D eigenvalue weighted by atomic mass is 10.0. The van der Waals surface area contributed by atoms with Crippen LogP contribution in [0.15, 0.2) is 49.1 Å². The van der Waals surface area contributed by atoms with Crippen molar-refractivity contribution in [1.29, 1.82) is 0 Å². The van der Waals surface area contributed by atoms with Gasteiger partial charge in [-0.1, -0.05) is 18.2 Å². The van der Waals surface area contributed by atoms with E-state index in [1.54, 1.807) is 12.5 Å². The van der Waals surface area contributed by atoms with Crippen LogP contribution in [-0.4, -0.2) is 31.2 Å². The van der Waals surface area contributed by atoms with Crippen molar-refractivity contribution < 1.29 is 4.74 Å². The Balaban J connectivity index is 1.49. The zero-order valence-corrected chi connectivity index (χ0v) is 15.1. The quantitative estimate of drug-likeness (QED) is 0.561. The number of rotatable bonds is 4. The van der Waals surface area contributed by atoms with Gasteiger partial charge in [0.25, 0.3) is 0 Å². The van der Waals surface area contributed by atoms with E-state index in [2.05, 4.69) is 27.3 Å². The van der Waals surface area contributed by atoms with Gasteiger partial charge in [0.1, 0.15) is 17.9 Å². The van der Waals surface area contributed by atoms with E-state index in [1.807, 2.05) is 35.7 Å². The minimum Gasteiger partial charge on any atom is -0.493 e. The lowest BCUT2D eigenvalue weighted by molar-refractivity contribution is 0.357. The molecule has 0 spiro atoms. The first kappa shape index (κ1) is 15.9. The first-order chi connectivity index (χ1) is 13.3. The van der Waals surface area contributed by atoms with E-state index < -0.39 is 0 Å². The third-order valence-electron chi connectivity index (χ3n) is 5.16. The number of aromatic nitrogens is 5. The zero-order valence-electron chi connectivity index (χ0n) is 15.1. The van der Waals surface area contributed by atoms with Gasteiger partial charge in [0, 0.05) is 47.6 Å². The summed E-state index contributed by atoms with van der Waals surface area (Å²) in [5.74, 6) is 1.98. The molecule has 0 saturated carbocycles. The van der Waals surface area contributed by atoms with E-state index in [4.69, 9.17) is 9.72 Å². The number of nitrogens with zero attached hydrogens (tertiary/aromatic N) is 5. The van der Waals surface area contributed by atoms with Crippen molar-refractivity contribution in [3.05, 3.63) is 71.7 Å². The number of benzene rings is 1. The molecule has 0 amide bonds. The second-order valence-electron chi connectivity index (χ2n) is 6.74.